The minimum Gasteiger partial charge on any atom is -0.438 e. The van der Waals surface area contributed by atoms with Crippen LogP contribution in [-0.2, 0) is 0 Å². The quantitative estimate of drug-likeness (QED) is 0.379. The third-order valence-electron chi connectivity index (χ3n) is 4.03. The van der Waals surface area contributed by atoms with Crippen LogP contribution in [0.3, 0.4) is 0 Å². The Morgan fingerprint density at radius 3 is 2.53 bits per heavy atom. The number of furan rings is 1. The van der Waals surface area contributed by atoms with Crippen molar-refractivity contribution in [1.82, 2.24) is 19.7 Å². The maximum atomic E-state index is 12.1. The van der Waals surface area contributed by atoms with E-state index in [9.17, 15) is 14.9 Å². The second kappa shape index (κ2) is 7.83. The van der Waals surface area contributed by atoms with E-state index in [0.717, 1.165) is 11.9 Å². The van der Waals surface area contributed by atoms with Crippen LogP contribution in [0.2, 0.25) is 0 Å². The summed E-state index contributed by atoms with van der Waals surface area (Å²) in [6.07, 6.45) is 3.46. The molecule has 30 heavy (non-hydrogen) atoms. The van der Waals surface area contributed by atoms with Gasteiger partial charge in [-0.1, -0.05) is 0 Å². The van der Waals surface area contributed by atoms with Gasteiger partial charge in [0, 0.05) is 24.1 Å². The van der Waals surface area contributed by atoms with Crippen molar-refractivity contribution in [1.29, 1.82) is 0 Å². The molecule has 0 aliphatic rings. The molecule has 0 spiro atoms. The molecule has 0 saturated heterocycles. The summed E-state index contributed by atoms with van der Waals surface area (Å²) < 4.78 is 12.3. The zero-order valence-corrected chi connectivity index (χ0v) is 15.6. The minimum atomic E-state index is -0.713. The molecule has 11 heteroatoms. The van der Waals surface area contributed by atoms with Gasteiger partial charge in [-0.05, 0) is 43.3 Å². The number of aryl methyl sites for hydroxylation is 1. The van der Waals surface area contributed by atoms with Crippen molar-refractivity contribution in [2.24, 2.45) is 0 Å². The van der Waals surface area contributed by atoms with Gasteiger partial charge in [-0.15, -0.1) is 10.2 Å². The van der Waals surface area contributed by atoms with Crippen LogP contribution in [0.1, 0.15) is 16.4 Å². The first-order chi connectivity index (χ1) is 14.5. The average Bonchev–Trinajstić information content (AvgIpc) is 3.40. The topological polar surface area (TPSA) is 138 Å². The van der Waals surface area contributed by atoms with Crippen LogP contribution in [0.5, 0.6) is 11.6 Å². The Bertz CT molecular complexity index is 1200. The highest BCUT2D eigenvalue weighted by atomic mass is 16.6. The molecule has 4 aromatic rings. The summed E-state index contributed by atoms with van der Waals surface area (Å²) in [5.74, 6) is 0.935. The minimum absolute atomic E-state index is 0.162. The summed E-state index contributed by atoms with van der Waals surface area (Å²) in [6.45, 7) is 1.86. The van der Waals surface area contributed by atoms with Gasteiger partial charge >= 0.3 is 5.88 Å². The molecular formula is C19H14N6O5. The number of hydrogen-bond donors (Lipinski definition) is 1. The molecule has 3 aromatic heterocycles. The fraction of sp³-hybridized carbons (Fsp3) is 0.0526. The van der Waals surface area contributed by atoms with Gasteiger partial charge in [0.25, 0.3) is 5.91 Å². The summed E-state index contributed by atoms with van der Waals surface area (Å²) in [5, 5.41) is 21.4. The number of amides is 1. The number of nitrogens with one attached hydrogen (secondary N) is 1. The second-order valence-electron chi connectivity index (χ2n) is 6.05. The number of aromatic nitrogens is 4. The molecule has 0 bridgehead atoms. The predicted octanol–water partition coefficient (Wildman–Crippen LogP) is 3.52. The lowest BCUT2D eigenvalue weighted by Crippen LogP contribution is -2.10. The Kier molecular flexibility index (Phi) is 4.91. The molecule has 4 rings (SSSR count). The lowest BCUT2D eigenvalue weighted by atomic mass is 10.3. The molecule has 11 nitrogen and oxygen atoms in total. The first kappa shape index (κ1) is 18.8. The lowest BCUT2D eigenvalue weighted by Gasteiger charge is -2.07. The van der Waals surface area contributed by atoms with Gasteiger partial charge in [0.1, 0.15) is 16.5 Å². The smallest absolute Gasteiger partial charge is 0.433 e. The molecule has 150 valence electrons. The Hall–Kier alpha value is -4.54. The lowest BCUT2D eigenvalue weighted by molar-refractivity contribution is -0.402. The molecule has 1 aromatic carbocycles. The Labute approximate surface area is 169 Å². The Balaban J connectivity index is 1.39. The number of hydrogen-bond acceptors (Lipinski definition) is 8. The van der Waals surface area contributed by atoms with Crippen molar-refractivity contribution in [2.45, 2.75) is 6.92 Å². The van der Waals surface area contributed by atoms with Gasteiger partial charge in [-0.2, -0.15) is 0 Å². The highest BCUT2D eigenvalue weighted by Gasteiger charge is 2.17. The number of carbonyl (C=O) groups is 1. The third-order valence-corrected chi connectivity index (χ3v) is 4.03. The number of imidazole rings is 1. The number of nitrogens with zero attached hydrogens (tertiary/aromatic N) is 5. The number of anilines is 1. The summed E-state index contributed by atoms with van der Waals surface area (Å²) in [6, 6.07) is 12.3. The number of nitro groups is 1. The molecule has 0 aliphatic carbocycles. The molecule has 0 radical (unpaired) electrons. The number of carbonyl (C=O) groups excluding carboxylic acids is 1. The zero-order valence-electron chi connectivity index (χ0n) is 15.6. The Morgan fingerprint density at radius 1 is 1.13 bits per heavy atom. The highest BCUT2D eigenvalue weighted by molar-refractivity contribution is 6.02. The monoisotopic (exact) mass is 406 g/mol. The van der Waals surface area contributed by atoms with Crippen LogP contribution < -0.4 is 10.1 Å². The SMILES string of the molecule is Cc1nccn1-c1ccc(Oc2ccc(NC(=O)c3ccc([N+](=O)[O-])o3)cc2)nn1. The van der Waals surface area contributed by atoms with Gasteiger partial charge in [0.05, 0.1) is 6.07 Å². The van der Waals surface area contributed by atoms with Gasteiger partial charge < -0.3 is 14.5 Å². The van der Waals surface area contributed by atoms with Crippen LogP contribution in [0.4, 0.5) is 11.6 Å². The summed E-state index contributed by atoms with van der Waals surface area (Å²) in [4.78, 5) is 26.1. The number of rotatable bonds is 6. The van der Waals surface area contributed by atoms with E-state index in [0.29, 0.717) is 23.1 Å². The summed E-state index contributed by atoms with van der Waals surface area (Å²) in [5.41, 5.74) is 0.461. The first-order valence-electron chi connectivity index (χ1n) is 8.67. The van der Waals surface area contributed by atoms with Crippen molar-refractivity contribution >= 4 is 17.5 Å². The fourth-order valence-electron chi connectivity index (χ4n) is 2.58. The number of benzene rings is 1. The van der Waals surface area contributed by atoms with E-state index in [1.54, 1.807) is 53.4 Å². The standard InChI is InChI=1S/C19H14N6O5/c1-12-20-10-11-24(12)16-7-8-17(23-22-16)29-14-4-2-13(3-5-14)21-19(26)15-6-9-18(30-15)25(27)28/h2-11H,1H3,(H,21,26). The summed E-state index contributed by atoms with van der Waals surface area (Å²) in [7, 11) is 0. The fourth-order valence-corrected chi connectivity index (χ4v) is 2.58. The van der Waals surface area contributed by atoms with Crippen molar-refractivity contribution < 1.29 is 18.9 Å². The Morgan fingerprint density at radius 2 is 1.93 bits per heavy atom. The van der Waals surface area contributed by atoms with Crippen molar-refractivity contribution in [3.8, 4) is 17.4 Å². The van der Waals surface area contributed by atoms with E-state index in [4.69, 9.17) is 9.15 Å². The summed E-state index contributed by atoms with van der Waals surface area (Å²) >= 11 is 0. The number of ether oxygens (including phenoxy) is 1. The van der Waals surface area contributed by atoms with Crippen LogP contribution >= 0.6 is 0 Å². The molecule has 0 unspecified atom stereocenters. The molecule has 1 N–H and O–H groups in total. The van der Waals surface area contributed by atoms with E-state index < -0.39 is 16.7 Å². The van der Waals surface area contributed by atoms with E-state index >= 15 is 0 Å². The first-order valence-corrected chi connectivity index (χ1v) is 8.67. The van der Waals surface area contributed by atoms with Crippen LogP contribution in [0.25, 0.3) is 5.82 Å². The predicted molar refractivity (Wildman–Crippen MR) is 104 cm³/mol. The van der Waals surface area contributed by atoms with Gasteiger partial charge in [-0.25, -0.2) is 4.98 Å². The molecule has 0 fully saturated rings. The van der Waals surface area contributed by atoms with E-state index in [1.165, 1.54) is 6.07 Å². The maximum Gasteiger partial charge on any atom is 0.433 e. The molecule has 0 atom stereocenters. The molecule has 0 aliphatic heterocycles. The van der Waals surface area contributed by atoms with Gasteiger partial charge in [0.15, 0.2) is 11.6 Å². The van der Waals surface area contributed by atoms with Crippen molar-refractivity contribution in [2.75, 3.05) is 5.32 Å². The van der Waals surface area contributed by atoms with Crippen LogP contribution in [-0.4, -0.2) is 30.6 Å². The maximum absolute atomic E-state index is 12.1. The van der Waals surface area contributed by atoms with Gasteiger partial charge in [-0.3, -0.25) is 19.5 Å². The van der Waals surface area contributed by atoms with Gasteiger partial charge in [0.2, 0.25) is 5.88 Å². The van der Waals surface area contributed by atoms with Crippen molar-refractivity contribution in [3.63, 3.8) is 0 Å². The van der Waals surface area contributed by atoms with E-state index in [2.05, 4.69) is 20.5 Å². The third kappa shape index (κ3) is 3.99. The second-order valence-corrected chi connectivity index (χ2v) is 6.05. The normalized spacial score (nSPS) is 10.6. The zero-order chi connectivity index (χ0) is 21.1. The molecule has 1 amide bonds. The van der Waals surface area contributed by atoms with E-state index in [1.807, 2.05) is 6.92 Å². The van der Waals surface area contributed by atoms with Crippen molar-refractivity contribution in [3.05, 3.63) is 82.6 Å². The largest absolute Gasteiger partial charge is 0.438 e. The van der Waals surface area contributed by atoms with Crippen LogP contribution in [0.15, 0.2) is 65.3 Å². The van der Waals surface area contributed by atoms with E-state index in [-0.39, 0.29) is 5.76 Å². The molecule has 0 saturated carbocycles. The highest BCUT2D eigenvalue weighted by Crippen LogP contribution is 2.23. The van der Waals surface area contributed by atoms with Crippen LogP contribution in [0, 0.1) is 17.0 Å². The average molecular weight is 406 g/mol. The molecular weight excluding hydrogens is 392 g/mol. The molecule has 3 heterocycles.